The number of hydrogen-bond donors (Lipinski definition) is 4. The van der Waals surface area contributed by atoms with Gasteiger partial charge in [-0.25, -0.2) is 0 Å². The molecule has 0 saturated carbocycles. The molecule has 2 aliphatic heterocycles. The number of rotatable bonds is 5. The van der Waals surface area contributed by atoms with Crippen LogP contribution in [0, 0.1) is 5.41 Å². The van der Waals surface area contributed by atoms with Gasteiger partial charge in [0.2, 0.25) is 5.91 Å². The van der Waals surface area contributed by atoms with Crippen LogP contribution in [0.5, 0.6) is 5.75 Å². The maximum absolute atomic E-state index is 12.5. The van der Waals surface area contributed by atoms with E-state index in [-0.39, 0.29) is 5.91 Å². The first kappa shape index (κ1) is 20.1. The van der Waals surface area contributed by atoms with Crippen molar-refractivity contribution in [1.29, 1.82) is 0 Å². The maximum Gasteiger partial charge on any atom is 0.256 e. The van der Waals surface area contributed by atoms with Gasteiger partial charge < -0.3 is 30.5 Å². The number of aliphatic hydroxyl groups is 2. The van der Waals surface area contributed by atoms with Gasteiger partial charge in [-0.05, 0) is 31.4 Å². The molecule has 9 heteroatoms. The van der Waals surface area contributed by atoms with Crippen LogP contribution in [0.1, 0.15) is 19.3 Å². The minimum atomic E-state index is -1.91. The predicted octanol–water partition coefficient (Wildman–Crippen LogP) is -0.516. The molecule has 3 amide bonds. The molecule has 2 heterocycles. The summed E-state index contributed by atoms with van der Waals surface area (Å²) >= 11 is 0. The molecule has 9 nitrogen and oxygen atoms in total. The van der Waals surface area contributed by atoms with E-state index in [2.05, 4.69) is 10.6 Å². The van der Waals surface area contributed by atoms with Gasteiger partial charge in [0, 0.05) is 31.4 Å². The Kier molecular flexibility index (Phi) is 5.85. The van der Waals surface area contributed by atoms with E-state index in [1.54, 1.807) is 24.3 Å². The number of likely N-dealkylation sites (tertiary alicyclic amines) is 1. The Morgan fingerprint density at radius 2 is 1.93 bits per heavy atom. The Morgan fingerprint density at radius 1 is 1.21 bits per heavy atom. The number of anilines is 1. The average molecular weight is 391 g/mol. The van der Waals surface area contributed by atoms with Gasteiger partial charge in [-0.15, -0.1) is 0 Å². The highest BCUT2D eigenvalue weighted by Crippen LogP contribution is 2.38. The lowest BCUT2D eigenvalue weighted by Gasteiger charge is -2.38. The van der Waals surface area contributed by atoms with Gasteiger partial charge in [-0.2, -0.15) is 0 Å². The number of nitrogens with zero attached hydrogens (tertiary/aromatic N) is 1. The maximum atomic E-state index is 12.5. The molecule has 1 aromatic rings. The van der Waals surface area contributed by atoms with Crippen molar-refractivity contribution in [2.45, 2.75) is 31.5 Å². The quantitative estimate of drug-likeness (QED) is 0.535. The standard InChI is InChI=1S/C19H25N3O6/c1-28-13-4-2-3-12(11-13)21-16(25)14(23)15(24)17(26)22-9-6-19(7-10-22)5-8-20-18(19)27/h2-4,11,14-15,23-24H,5-10H2,1H3,(H,20,27)(H,21,25)/t14-,15-/m0/s1. The second kappa shape index (κ2) is 8.15. The molecule has 2 atom stereocenters. The van der Waals surface area contributed by atoms with E-state index in [0.717, 1.165) is 6.42 Å². The summed E-state index contributed by atoms with van der Waals surface area (Å²) in [6, 6.07) is 6.50. The van der Waals surface area contributed by atoms with Gasteiger partial charge in [0.05, 0.1) is 12.5 Å². The average Bonchev–Trinajstić information content (AvgIpc) is 3.06. The second-order valence-corrected chi connectivity index (χ2v) is 7.22. The Labute approximate surface area is 162 Å². The summed E-state index contributed by atoms with van der Waals surface area (Å²) in [7, 11) is 1.48. The molecule has 0 radical (unpaired) electrons. The molecule has 1 aromatic carbocycles. The van der Waals surface area contributed by atoms with Gasteiger partial charge >= 0.3 is 0 Å². The molecule has 2 fully saturated rings. The molecule has 4 N–H and O–H groups in total. The van der Waals surface area contributed by atoms with Crippen molar-refractivity contribution < 1.29 is 29.3 Å². The van der Waals surface area contributed by atoms with Crippen LogP contribution in [0.4, 0.5) is 5.69 Å². The monoisotopic (exact) mass is 391 g/mol. The zero-order chi connectivity index (χ0) is 20.3. The lowest BCUT2D eigenvalue weighted by Crippen LogP contribution is -2.53. The summed E-state index contributed by atoms with van der Waals surface area (Å²) < 4.78 is 5.06. The van der Waals surface area contributed by atoms with E-state index >= 15 is 0 Å². The molecular weight excluding hydrogens is 366 g/mol. The van der Waals surface area contributed by atoms with Gasteiger partial charge in [-0.3, -0.25) is 14.4 Å². The van der Waals surface area contributed by atoms with Gasteiger partial charge in [0.1, 0.15) is 5.75 Å². The van der Waals surface area contributed by atoms with Gasteiger partial charge in [0.25, 0.3) is 11.8 Å². The third kappa shape index (κ3) is 3.95. The van der Waals surface area contributed by atoms with Gasteiger partial charge in [0.15, 0.2) is 12.2 Å². The van der Waals surface area contributed by atoms with Crippen molar-refractivity contribution in [3.8, 4) is 5.75 Å². The van der Waals surface area contributed by atoms with Crippen LogP contribution in [-0.2, 0) is 14.4 Å². The number of carbonyl (C=O) groups excluding carboxylic acids is 3. The molecule has 0 aliphatic carbocycles. The first-order valence-electron chi connectivity index (χ1n) is 9.24. The number of hydrogen-bond acceptors (Lipinski definition) is 6. The van der Waals surface area contributed by atoms with Crippen LogP contribution in [-0.4, -0.2) is 71.8 Å². The second-order valence-electron chi connectivity index (χ2n) is 7.22. The van der Waals surface area contributed by atoms with Crippen molar-refractivity contribution in [2.75, 3.05) is 32.1 Å². The number of methoxy groups -OCH3 is 1. The van der Waals surface area contributed by atoms with Crippen molar-refractivity contribution in [3.63, 3.8) is 0 Å². The van der Waals surface area contributed by atoms with E-state index in [1.807, 2.05) is 0 Å². The predicted molar refractivity (Wildman–Crippen MR) is 99.5 cm³/mol. The largest absolute Gasteiger partial charge is 0.497 e. The molecule has 0 bridgehead atoms. The smallest absolute Gasteiger partial charge is 0.256 e. The van der Waals surface area contributed by atoms with Crippen LogP contribution in [0.25, 0.3) is 0 Å². The van der Waals surface area contributed by atoms with E-state index in [4.69, 9.17) is 4.74 Å². The highest BCUT2D eigenvalue weighted by Gasteiger charge is 2.46. The Hall–Kier alpha value is -2.65. The fourth-order valence-electron chi connectivity index (χ4n) is 3.73. The number of carbonyl (C=O) groups is 3. The minimum absolute atomic E-state index is 0.0119. The molecule has 3 rings (SSSR count). The highest BCUT2D eigenvalue weighted by atomic mass is 16.5. The fourth-order valence-corrected chi connectivity index (χ4v) is 3.73. The molecule has 0 aromatic heterocycles. The Bertz CT molecular complexity index is 760. The highest BCUT2D eigenvalue weighted by molar-refractivity contribution is 5.98. The zero-order valence-electron chi connectivity index (χ0n) is 15.7. The molecule has 0 unspecified atom stereocenters. The van der Waals surface area contributed by atoms with Crippen LogP contribution >= 0.6 is 0 Å². The first-order chi connectivity index (χ1) is 13.4. The Balaban J connectivity index is 1.56. The molecule has 2 aliphatic rings. The van der Waals surface area contributed by atoms with Gasteiger partial charge in [-0.1, -0.05) is 6.07 Å². The number of nitrogens with one attached hydrogen (secondary N) is 2. The van der Waals surface area contributed by atoms with Crippen LogP contribution in [0.2, 0.25) is 0 Å². The summed E-state index contributed by atoms with van der Waals surface area (Å²) in [6.45, 7) is 1.24. The first-order valence-corrected chi connectivity index (χ1v) is 9.24. The summed E-state index contributed by atoms with van der Waals surface area (Å²) in [6.07, 6.45) is -2.05. The van der Waals surface area contributed by atoms with E-state index in [1.165, 1.54) is 12.0 Å². The molecule has 1 spiro atoms. The third-order valence-electron chi connectivity index (χ3n) is 5.56. The zero-order valence-corrected chi connectivity index (χ0v) is 15.7. The molecular formula is C19H25N3O6. The Morgan fingerprint density at radius 3 is 2.54 bits per heavy atom. The number of aliphatic hydroxyl groups excluding tert-OH is 2. The third-order valence-corrected chi connectivity index (χ3v) is 5.56. The summed E-state index contributed by atoms with van der Waals surface area (Å²) in [5.41, 5.74) is -0.0698. The number of amides is 3. The van der Waals surface area contributed by atoms with E-state index in [0.29, 0.717) is 43.9 Å². The van der Waals surface area contributed by atoms with Crippen molar-refractivity contribution in [1.82, 2.24) is 10.2 Å². The normalized spacial score (nSPS) is 20.4. The SMILES string of the molecule is COc1cccc(NC(=O)[C@@H](O)[C@H](O)C(=O)N2CCC3(CCNC3=O)CC2)c1. The van der Waals surface area contributed by atoms with Crippen LogP contribution in [0.15, 0.2) is 24.3 Å². The topological polar surface area (TPSA) is 128 Å². The summed E-state index contributed by atoms with van der Waals surface area (Å²) in [4.78, 5) is 38.1. The lowest BCUT2D eigenvalue weighted by molar-refractivity contribution is -0.154. The van der Waals surface area contributed by atoms with Crippen LogP contribution < -0.4 is 15.4 Å². The molecule has 152 valence electrons. The minimum Gasteiger partial charge on any atom is -0.497 e. The molecule has 2 saturated heterocycles. The van der Waals surface area contributed by atoms with Crippen LogP contribution in [0.3, 0.4) is 0 Å². The number of benzene rings is 1. The molecule has 28 heavy (non-hydrogen) atoms. The van der Waals surface area contributed by atoms with Crippen molar-refractivity contribution >= 4 is 23.4 Å². The van der Waals surface area contributed by atoms with Crippen molar-refractivity contribution in [2.24, 2.45) is 5.41 Å². The van der Waals surface area contributed by atoms with E-state index < -0.39 is 29.4 Å². The number of piperidine rings is 1. The van der Waals surface area contributed by atoms with E-state index in [9.17, 15) is 24.6 Å². The summed E-state index contributed by atoms with van der Waals surface area (Å²) in [5.74, 6) is -1.08. The van der Waals surface area contributed by atoms with Crippen molar-refractivity contribution in [3.05, 3.63) is 24.3 Å². The number of ether oxygens (including phenoxy) is 1. The summed E-state index contributed by atoms with van der Waals surface area (Å²) in [5, 5.41) is 25.6. The fraction of sp³-hybridized carbons (Fsp3) is 0.526. The lowest BCUT2D eigenvalue weighted by atomic mass is 9.77.